The van der Waals surface area contributed by atoms with Gasteiger partial charge in [-0.25, -0.2) is 0 Å². The Morgan fingerprint density at radius 2 is 0.952 bits per heavy atom. The molecule has 0 rings (SSSR count). The fraction of sp³-hybridized carbons (Fsp3) is 0.889. The van der Waals surface area contributed by atoms with Gasteiger partial charge in [0.05, 0.1) is 0 Å². The first-order chi connectivity index (χ1) is 10.2. The van der Waals surface area contributed by atoms with Crippen molar-refractivity contribution in [3.63, 3.8) is 0 Å². The second kappa shape index (κ2) is 15.5. The van der Waals surface area contributed by atoms with Gasteiger partial charge in [0.2, 0.25) is 5.91 Å². The van der Waals surface area contributed by atoms with E-state index in [1.165, 1.54) is 57.8 Å². The second-order valence-corrected chi connectivity index (χ2v) is 6.10. The Labute approximate surface area is 131 Å². The number of primary amides is 1. The molecule has 0 unspecified atom stereocenters. The zero-order chi connectivity index (χ0) is 15.8. The molecule has 0 bridgehead atoms. The Hall–Kier alpha value is -0.860. The van der Waals surface area contributed by atoms with Gasteiger partial charge in [0.15, 0.2) is 0 Å². The van der Waals surface area contributed by atoms with Gasteiger partial charge in [0, 0.05) is 19.3 Å². The molecule has 3 heteroatoms. The normalized spacial score (nSPS) is 10.7. The van der Waals surface area contributed by atoms with Gasteiger partial charge in [-0.3, -0.25) is 9.59 Å². The first-order valence-electron chi connectivity index (χ1n) is 8.96. The monoisotopic (exact) mass is 297 g/mol. The minimum Gasteiger partial charge on any atom is -0.370 e. The summed E-state index contributed by atoms with van der Waals surface area (Å²) in [6, 6.07) is 0. The largest absolute Gasteiger partial charge is 0.370 e. The van der Waals surface area contributed by atoms with E-state index in [1.807, 2.05) is 6.92 Å². The molecule has 0 saturated heterocycles. The molecule has 0 aromatic heterocycles. The molecule has 0 aliphatic rings. The predicted octanol–water partition coefficient (Wildman–Crippen LogP) is 4.91. The van der Waals surface area contributed by atoms with Crippen molar-refractivity contribution in [2.24, 2.45) is 5.73 Å². The van der Waals surface area contributed by atoms with Crippen molar-refractivity contribution in [2.75, 3.05) is 0 Å². The minimum atomic E-state index is -0.172. The van der Waals surface area contributed by atoms with Crippen LogP contribution in [0.4, 0.5) is 0 Å². The van der Waals surface area contributed by atoms with E-state index in [0.717, 1.165) is 25.7 Å². The third kappa shape index (κ3) is 17.1. The summed E-state index contributed by atoms with van der Waals surface area (Å²) in [5.41, 5.74) is 5.10. The predicted molar refractivity (Wildman–Crippen MR) is 89.1 cm³/mol. The van der Waals surface area contributed by atoms with Crippen LogP contribution in [0.2, 0.25) is 0 Å². The van der Waals surface area contributed by atoms with E-state index in [4.69, 9.17) is 5.73 Å². The number of carbonyl (C=O) groups excluding carboxylic acids is 2. The van der Waals surface area contributed by atoms with Crippen molar-refractivity contribution in [1.29, 1.82) is 0 Å². The smallest absolute Gasteiger partial charge is 0.217 e. The molecule has 124 valence electrons. The van der Waals surface area contributed by atoms with E-state index in [1.54, 1.807) is 0 Å². The number of rotatable bonds is 16. The van der Waals surface area contributed by atoms with Crippen LogP contribution in [0, 0.1) is 0 Å². The van der Waals surface area contributed by atoms with Gasteiger partial charge in [-0.1, -0.05) is 71.1 Å². The Kier molecular flexibility index (Phi) is 14.9. The average molecular weight is 297 g/mol. The number of amides is 1. The molecule has 1 amide bonds. The second-order valence-electron chi connectivity index (χ2n) is 6.10. The number of ketones is 1. The topological polar surface area (TPSA) is 60.2 Å². The maximum atomic E-state index is 11.1. The van der Waals surface area contributed by atoms with E-state index >= 15 is 0 Å². The third-order valence-corrected chi connectivity index (χ3v) is 4.02. The van der Waals surface area contributed by atoms with Gasteiger partial charge in [0.1, 0.15) is 5.78 Å². The molecule has 0 fully saturated rings. The summed E-state index contributed by atoms with van der Waals surface area (Å²) in [6.45, 7) is 1.94. The highest BCUT2D eigenvalue weighted by atomic mass is 16.1. The van der Waals surface area contributed by atoms with Crippen molar-refractivity contribution >= 4 is 11.7 Å². The Morgan fingerprint density at radius 3 is 1.29 bits per heavy atom. The Bertz CT molecular complexity index is 264. The number of hydrogen-bond acceptors (Lipinski definition) is 2. The van der Waals surface area contributed by atoms with Gasteiger partial charge in [0.25, 0.3) is 0 Å². The highest BCUT2D eigenvalue weighted by Gasteiger charge is 1.98. The molecule has 0 spiro atoms. The molecule has 0 aromatic carbocycles. The first-order valence-corrected chi connectivity index (χ1v) is 8.96. The summed E-state index contributed by atoms with van der Waals surface area (Å²) in [4.78, 5) is 21.7. The summed E-state index contributed by atoms with van der Waals surface area (Å²) >= 11 is 0. The first kappa shape index (κ1) is 20.1. The summed E-state index contributed by atoms with van der Waals surface area (Å²) < 4.78 is 0. The van der Waals surface area contributed by atoms with Crippen molar-refractivity contribution < 1.29 is 9.59 Å². The van der Waals surface area contributed by atoms with Gasteiger partial charge in [-0.15, -0.1) is 0 Å². The lowest BCUT2D eigenvalue weighted by atomic mass is 10.0. The van der Waals surface area contributed by atoms with Crippen molar-refractivity contribution in [2.45, 2.75) is 103 Å². The zero-order valence-electron chi connectivity index (χ0n) is 14.0. The maximum Gasteiger partial charge on any atom is 0.217 e. The molecule has 21 heavy (non-hydrogen) atoms. The number of carbonyl (C=O) groups is 2. The van der Waals surface area contributed by atoms with Crippen LogP contribution in [-0.2, 0) is 9.59 Å². The zero-order valence-corrected chi connectivity index (χ0v) is 14.0. The molecule has 0 heterocycles. The number of unbranched alkanes of at least 4 members (excludes halogenated alkanes) is 11. The highest BCUT2D eigenvalue weighted by Crippen LogP contribution is 2.13. The van der Waals surface area contributed by atoms with Crippen LogP contribution in [-0.4, -0.2) is 11.7 Å². The van der Waals surface area contributed by atoms with Crippen LogP contribution < -0.4 is 5.73 Å². The summed E-state index contributed by atoms with van der Waals surface area (Å²) in [5.74, 6) is 0.236. The van der Waals surface area contributed by atoms with Crippen LogP contribution in [0.3, 0.4) is 0 Å². The molecule has 0 radical (unpaired) electrons. The summed E-state index contributed by atoms with van der Waals surface area (Å²) in [5, 5.41) is 0. The van der Waals surface area contributed by atoms with Crippen LogP contribution in [0.1, 0.15) is 103 Å². The summed E-state index contributed by atoms with van der Waals surface area (Å²) in [6.07, 6.45) is 16.9. The van der Waals surface area contributed by atoms with E-state index in [-0.39, 0.29) is 5.91 Å². The standard InChI is InChI=1S/C18H35NO2/c1-2-17(20)15-13-11-9-7-5-3-4-6-8-10-12-14-16-18(19)21/h2-16H2,1H3,(H2,19,21). The van der Waals surface area contributed by atoms with E-state index in [9.17, 15) is 9.59 Å². The molecule has 0 atom stereocenters. The molecule has 0 aliphatic carbocycles. The van der Waals surface area contributed by atoms with Crippen LogP contribution in [0.5, 0.6) is 0 Å². The molecule has 2 N–H and O–H groups in total. The Morgan fingerprint density at radius 1 is 0.619 bits per heavy atom. The number of Topliss-reactive ketones (excluding diaryl/α,β-unsaturated/α-hetero) is 1. The Balaban J connectivity index is 3.02. The van der Waals surface area contributed by atoms with Gasteiger partial charge >= 0.3 is 0 Å². The van der Waals surface area contributed by atoms with Gasteiger partial charge < -0.3 is 5.73 Å². The van der Waals surface area contributed by atoms with Crippen LogP contribution in [0.25, 0.3) is 0 Å². The molecule has 0 aliphatic heterocycles. The maximum absolute atomic E-state index is 11.1. The molecule has 3 nitrogen and oxygen atoms in total. The fourth-order valence-electron chi connectivity index (χ4n) is 2.57. The van der Waals surface area contributed by atoms with E-state index < -0.39 is 0 Å². The van der Waals surface area contributed by atoms with Crippen LogP contribution in [0.15, 0.2) is 0 Å². The highest BCUT2D eigenvalue weighted by molar-refractivity contribution is 5.77. The molecular formula is C18H35NO2. The van der Waals surface area contributed by atoms with Gasteiger partial charge in [-0.2, -0.15) is 0 Å². The van der Waals surface area contributed by atoms with Crippen molar-refractivity contribution in [3.8, 4) is 0 Å². The lowest BCUT2D eigenvalue weighted by Gasteiger charge is -2.03. The molecule has 0 aromatic rings. The number of hydrogen-bond donors (Lipinski definition) is 1. The van der Waals surface area contributed by atoms with Crippen molar-refractivity contribution in [3.05, 3.63) is 0 Å². The minimum absolute atomic E-state index is 0.172. The lowest BCUT2D eigenvalue weighted by Crippen LogP contribution is -2.09. The third-order valence-electron chi connectivity index (χ3n) is 4.02. The van der Waals surface area contributed by atoms with E-state index in [2.05, 4.69) is 0 Å². The molecule has 0 saturated carbocycles. The fourth-order valence-corrected chi connectivity index (χ4v) is 2.57. The number of nitrogens with two attached hydrogens (primary N) is 1. The molecular weight excluding hydrogens is 262 g/mol. The van der Waals surface area contributed by atoms with E-state index in [0.29, 0.717) is 18.6 Å². The van der Waals surface area contributed by atoms with Crippen molar-refractivity contribution in [1.82, 2.24) is 0 Å². The van der Waals surface area contributed by atoms with Gasteiger partial charge in [-0.05, 0) is 12.8 Å². The van der Waals surface area contributed by atoms with Crippen LogP contribution >= 0.6 is 0 Å². The quantitative estimate of drug-likeness (QED) is 0.411. The lowest BCUT2D eigenvalue weighted by molar-refractivity contribution is -0.119. The SMILES string of the molecule is CCC(=O)CCCCCCCCCCCCCCC(N)=O. The summed E-state index contributed by atoms with van der Waals surface area (Å²) in [7, 11) is 0. The average Bonchev–Trinajstić information content (AvgIpc) is 2.46.